The molecular weight excluding hydrogens is 480 g/mol. The highest BCUT2D eigenvalue weighted by atomic mass is 16.5. The van der Waals surface area contributed by atoms with E-state index in [9.17, 15) is 4.79 Å². The lowest BCUT2D eigenvalue weighted by Gasteiger charge is -2.32. The van der Waals surface area contributed by atoms with Crippen molar-refractivity contribution in [3.05, 3.63) is 0 Å². The van der Waals surface area contributed by atoms with Crippen molar-refractivity contribution in [2.45, 2.75) is 162 Å². The Bertz CT molecular complexity index is 626. The fourth-order valence-corrected chi connectivity index (χ4v) is 5.67. The van der Waals surface area contributed by atoms with E-state index in [1.54, 1.807) is 0 Å². The normalized spacial score (nSPS) is 17.4. The van der Waals surface area contributed by atoms with Gasteiger partial charge in [0.25, 0.3) is 0 Å². The quantitative estimate of drug-likeness (QED) is 0.0970. The molecule has 0 saturated carbocycles. The number of nitrogens with one attached hydrogen (secondary N) is 1. The molecule has 1 N–H and O–H groups in total. The maximum atomic E-state index is 13.1. The standard InChI is InChI=1S/C35H66N2O2/c1-5-9-13-16-20-26-33(25-19-15-11-7-3)35(38)36-30-34-31-37(28-29-39-34)27-21-24-32(22-17-12-8-4)23-18-14-10-6-2/h32-34H,5-20,22-23,25-31H2,1-4H3,(H,36,38)/t32?,33?,34-/m1/s1. The van der Waals surface area contributed by atoms with Crippen molar-refractivity contribution >= 4 is 5.91 Å². The molecule has 3 atom stereocenters. The van der Waals surface area contributed by atoms with Crippen molar-refractivity contribution < 1.29 is 9.53 Å². The summed E-state index contributed by atoms with van der Waals surface area (Å²) in [5.41, 5.74) is 0. The van der Waals surface area contributed by atoms with Crippen molar-refractivity contribution in [3.8, 4) is 11.8 Å². The number of ether oxygens (including phenoxy) is 1. The predicted molar refractivity (Wildman–Crippen MR) is 169 cm³/mol. The highest BCUT2D eigenvalue weighted by Crippen LogP contribution is 2.20. The van der Waals surface area contributed by atoms with Crippen LogP contribution in [0.2, 0.25) is 0 Å². The molecule has 0 bridgehead atoms. The van der Waals surface area contributed by atoms with E-state index in [0.717, 1.165) is 39.1 Å². The molecule has 0 spiro atoms. The number of hydrogen-bond donors (Lipinski definition) is 1. The molecule has 2 unspecified atom stereocenters. The van der Waals surface area contributed by atoms with Gasteiger partial charge in [-0.25, -0.2) is 0 Å². The average Bonchev–Trinajstić information content (AvgIpc) is 2.95. The maximum Gasteiger partial charge on any atom is 0.223 e. The smallest absolute Gasteiger partial charge is 0.223 e. The molecule has 1 rings (SSSR count). The number of hydrogen-bond acceptors (Lipinski definition) is 3. The summed E-state index contributed by atoms with van der Waals surface area (Å²) < 4.78 is 6.04. The second-order valence-corrected chi connectivity index (χ2v) is 12.1. The summed E-state index contributed by atoms with van der Waals surface area (Å²) in [4.78, 5) is 15.6. The minimum absolute atomic E-state index is 0.0733. The van der Waals surface area contributed by atoms with Crippen LogP contribution in [-0.4, -0.2) is 49.7 Å². The highest BCUT2D eigenvalue weighted by molar-refractivity contribution is 5.78. The van der Waals surface area contributed by atoms with E-state index in [-0.39, 0.29) is 17.9 Å². The van der Waals surface area contributed by atoms with E-state index in [2.05, 4.69) is 49.8 Å². The van der Waals surface area contributed by atoms with Gasteiger partial charge < -0.3 is 10.1 Å². The first-order valence-electron chi connectivity index (χ1n) is 17.2. The third kappa shape index (κ3) is 19.6. The SMILES string of the molecule is CCCCCCCC(CCCCCC)C(=O)NC[C@@H]1CN(CC#CC(CCCCC)CCCCCC)CCO1. The van der Waals surface area contributed by atoms with Gasteiger partial charge in [0.1, 0.15) is 0 Å². The monoisotopic (exact) mass is 547 g/mol. The molecule has 1 amide bonds. The fraction of sp³-hybridized carbons (Fsp3) is 0.914. The molecule has 1 aliphatic heterocycles. The van der Waals surface area contributed by atoms with E-state index >= 15 is 0 Å². The van der Waals surface area contributed by atoms with Gasteiger partial charge in [-0.2, -0.15) is 0 Å². The molecule has 39 heavy (non-hydrogen) atoms. The number of carbonyl (C=O) groups is 1. The van der Waals surface area contributed by atoms with E-state index in [1.807, 2.05) is 0 Å². The van der Waals surface area contributed by atoms with E-state index in [0.29, 0.717) is 12.5 Å². The van der Waals surface area contributed by atoms with Gasteiger partial charge in [-0.3, -0.25) is 9.69 Å². The molecule has 0 aliphatic carbocycles. The molecule has 0 aromatic rings. The van der Waals surface area contributed by atoms with Crippen LogP contribution in [0, 0.1) is 23.7 Å². The van der Waals surface area contributed by atoms with Gasteiger partial charge in [-0.15, -0.1) is 0 Å². The van der Waals surface area contributed by atoms with Gasteiger partial charge in [-0.1, -0.05) is 142 Å². The minimum Gasteiger partial charge on any atom is -0.374 e. The van der Waals surface area contributed by atoms with Gasteiger partial charge in [0.15, 0.2) is 0 Å². The molecule has 1 fully saturated rings. The summed E-state index contributed by atoms with van der Waals surface area (Å²) in [6, 6.07) is 0. The molecule has 228 valence electrons. The summed E-state index contributed by atoms with van der Waals surface area (Å²) >= 11 is 0. The zero-order valence-corrected chi connectivity index (χ0v) is 26.7. The third-order valence-corrected chi connectivity index (χ3v) is 8.33. The Morgan fingerprint density at radius 1 is 0.769 bits per heavy atom. The van der Waals surface area contributed by atoms with Crippen molar-refractivity contribution in [2.75, 3.05) is 32.8 Å². The maximum absolute atomic E-state index is 13.1. The lowest BCUT2D eigenvalue weighted by atomic mass is 9.93. The molecule has 1 aliphatic rings. The second-order valence-electron chi connectivity index (χ2n) is 12.1. The second kappa shape index (κ2) is 25.9. The van der Waals surface area contributed by atoms with Gasteiger partial charge in [0.05, 0.1) is 19.3 Å². The Kier molecular flexibility index (Phi) is 23.9. The minimum atomic E-state index is 0.0733. The number of rotatable bonds is 24. The molecule has 0 aromatic carbocycles. The van der Waals surface area contributed by atoms with Crippen LogP contribution in [0.3, 0.4) is 0 Å². The number of carbonyl (C=O) groups excluding carboxylic acids is 1. The van der Waals surface area contributed by atoms with E-state index < -0.39 is 0 Å². The van der Waals surface area contributed by atoms with Gasteiger partial charge in [0.2, 0.25) is 5.91 Å². The van der Waals surface area contributed by atoms with Crippen molar-refractivity contribution in [3.63, 3.8) is 0 Å². The van der Waals surface area contributed by atoms with Crippen LogP contribution in [0.4, 0.5) is 0 Å². The molecule has 0 radical (unpaired) electrons. The first kappa shape index (κ1) is 36.0. The lowest BCUT2D eigenvalue weighted by Crippen LogP contribution is -2.48. The van der Waals surface area contributed by atoms with Crippen LogP contribution < -0.4 is 5.32 Å². The topological polar surface area (TPSA) is 41.6 Å². The van der Waals surface area contributed by atoms with Crippen molar-refractivity contribution in [1.29, 1.82) is 0 Å². The van der Waals surface area contributed by atoms with Crippen molar-refractivity contribution in [1.82, 2.24) is 10.2 Å². The number of morpholine rings is 1. The van der Waals surface area contributed by atoms with Crippen molar-refractivity contribution in [2.24, 2.45) is 11.8 Å². The third-order valence-electron chi connectivity index (χ3n) is 8.33. The van der Waals surface area contributed by atoms with Gasteiger partial charge in [0, 0.05) is 31.5 Å². The summed E-state index contributed by atoms with van der Waals surface area (Å²) in [6.45, 7) is 13.0. The Morgan fingerprint density at radius 2 is 1.28 bits per heavy atom. The summed E-state index contributed by atoms with van der Waals surface area (Å²) in [6.07, 6.45) is 25.1. The molecular formula is C35H66N2O2. The zero-order valence-electron chi connectivity index (χ0n) is 26.7. The Labute approximate surface area is 244 Å². The molecule has 0 aromatic heterocycles. The Hall–Kier alpha value is -1.05. The van der Waals surface area contributed by atoms with E-state index in [4.69, 9.17) is 4.74 Å². The summed E-state index contributed by atoms with van der Waals surface area (Å²) in [5, 5.41) is 3.28. The Balaban J connectivity index is 2.49. The van der Waals surface area contributed by atoms with E-state index in [1.165, 1.54) is 116 Å². The lowest BCUT2D eigenvalue weighted by molar-refractivity contribution is -0.126. The first-order chi connectivity index (χ1) is 19.1. The van der Waals surface area contributed by atoms with Crippen LogP contribution in [0.15, 0.2) is 0 Å². The van der Waals surface area contributed by atoms with Crippen LogP contribution in [-0.2, 0) is 9.53 Å². The molecule has 4 heteroatoms. The molecule has 1 saturated heterocycles. The Morgan fingerprint density at radius 3 is 1.90 bits per heavy atom. The predicted octanol–water partition coefficient (Wildman–Crippen LogP) is 8.92. The number of nitrogens with zero attached hydrogens (tertiary/aromatic N) is 1. The van der Waals surface area contributed by atoms with Crippen LogP contribution in [0.1, 0.15) is 156 Å². The fourth-order valence-electron chi connectivity index (χ4n) is 5.67. The van der Waals surface area contributed by atoms with Crippen LogP contribution in [0.25, 0.3) is 0 Å². The first-order valence-corrected chi connectivity index (χ1v) is 17.2. The number of unbranched alkanes of at least 4 members (excludes halogenated alkanes) is 12. The average molecular weight is 547 g/mol. The van der Waals surface area contributed by atoms with Crippen LogP contribution >= 0.6 is 0 Å². The largest absolute Gasteiger partial charge is 0.374 e. The zero-order chi connectivity index (χ0) is 28.4. The highest BCUT2D eigenvalue weighted by Gasteiger charge is 2.23. The summed E-state index contributed by atoms with van der Waals surface area (Å²) in [7, 11) is 0. The van der Waals surface area contributed by atoms with Gasteiger partial charge in [-0.05, 0) is 25.7 Å². The van der Waals surface area contributed by atoms with Crippen LogP contribution in [0.5, 0.6) is 0 Å². The molecule has 1 heterocycles. The molecule has 4 nitrogen and oxygen atoms in total. The van der Waals surface area contributed by atoms with Gasteiger partial charge >= 0.3 is 0 Å². The number of amides is 1. The summed E-state index contributed by atoms with van der Waals surface area (Å²) in [5.74, 6) is 8.14.